The summed E-state index contributed by atoms with van der Waals surface area (Å²) < 4.78 is 24.4. The Bertz CT molecular complexity index is 2610. The topological polar surface area (TPSA) is 263 Å². The highest BCUT2D eigenvalue weighted by molar-refractivity contribution is 6.37. The molecular formula is C49H45Cl2N7O10. The zero-order valence-electron chi connectivity index (χ0n) is 36.3. The number of nitrogens with zero attached hydrogens (tertiary/aromatic N) is 6. The number of aryl methyl sites for hydroxylation is 1. The molecule has 2 atom stereocenters. The molecule has 350 valence electrons. The Hall–Kier alpha value is -7.38. The third-order valence-electron chi connectivity index (χ3n) is 10.1. The van der Waals surface area contributed by atoms with Crippen molar-refractivity contribution < 1.29 is 49.0 Å². The van der Waals surface area contributed by atoms with Crippen molar-refractivity contribution >= 4 is 35.1 Å². The number of aliphatic carboxylic acids is 2. The van der Waals surface area contributed by atoms with Crippen molar-refractivity contribution in [2.24, 2.45) is 0 Å². The Morgan fingerprint density at radius 1 is 0.632 bits per heavy atom. The number of carboxylic acids is 2. The van der Waals surface area contributed by atoms with E-state index in [9.17, 15) is 30.3 Å². The minimum Gasteiger partial charge on any atom is -0.481 e. The highest BCUT2D eigenvalue weighted by Gasteiger charge is 2.18. The standard InChI is InChI=1S/C49H45Cl2N7O10/c50-46-36(28-65-42-12-10-34(4-1-7-38(59)16-44(61)62)48(57-42)67-26-32-14-30(18-52)20-54-22-32)5-2-8-40(46)41-9-3-6-37(47(41)51)29-66-43-13-11-35(24-56-25-39(60)17-45(63)64)49(58-43)68-27-33-15-31(19-53)21-55-23-33/h2-3,5-6,8-15,20-23,38-39,56,59-60H,1,4,7,16-17,24-29H2,(H,61,62)(H,63,64)/t38-,39+/m1/s1. The summed E-state index contributed by atoms with van der Waals surface area (Å²) in [7, 11) is 0. The number of aromatic nitrogens is 4. The predicted octanol–water partition coefficient (Wildman–Crippen LogP) is 7.38. The molecule has 4 heterocycles. The lowest BCUT2D eigenvalue weighted by atomic mass is 10.0. The van der Waals surface area contributed by atoms with E-state index in [4.69, 9.17) is 52.4 Å². The van der Waals surface area contributed by atoms with E-state index in [0.717, 1.165) is 0 Å². The van der Waals surface area contributed by atoms with Crippen LogP contribution >= 0.6 is 23.2 Å². The van der Waals surface area contributed by atoms with E-state index in [1.807, 2.05) is 42.5 Å². The summed E-state index contributed by atoms with van der Waals surface area (Å²) in [6.07, 6.45) is 4.36. The minimum absolute atomic E-state index is 0.0158. The molecule has 5 N–H and O–H groups in total. The van der Waals surface area contributed by atoms with Crippen LogP contribution < -0.4 is 24.3 Å². The summed E-state index contributed by atoms with van der Waals surface area (Å²) in [6.45, 7) is 0.349. The first kappa shape index (κ1) is 50.0. The number of nitrogens with one attached hydrogen (secondary N) is 1. The van der Waals surface area contributed by atoms with E-state index in [-0.39, 0.29) is 75.9 Å². The number of nitriles is 2. The van der Waals surface area contributed by atoms with Gasteiger partial charge in [-0.2, -0.15) is 20.5 Å². The van der Waals surface area contributed by atoms with E-state index >= 15 is 0 Å². The van der Waals surface area contributed by atoms with Crippen LogP contribution in [0.2, 0.25) is 10.0 Å². The van der Waals surface area contributed by atoms with Gasteiger partial charge in [0.2, 0.25) is 23.5 Å². The largest absolute Gasteiger partial charge is 0.481 e. The number of rotatable bonds is 25. The summed E-state index contributed by atoms with van der Waals surface area (Å²) in [4.78, 5) is 39.4. The molecule has 0 radical (unpaired) electrons. The van der Waals surface area contributed by atoms with Gasteiger partial charge in [0, 0.05) is 94.5 Å². The van der Waals surface area contributed by atoms with E-state index in [1.54, 1.807) is 48.8 Å². The van der Waals surface area contributed by atoms with Gasteiger partial charge in [-0.1, -0.05) is 59.6 Å². The first-order valence-electron chi connectivity index (χ1n) is 21.1. The second-order valence-electron chi connectivity index (χ2n) is 15.4. The molecule has 68 heavy (non-hydrogen) atoms. The summed E-state index contributed by atoms with van der Waals surface area (Å²) in [5, 5.41) is 60.5. The van der Waals surface area contributed by atoms with Crippen LogP contribution in [0.4, 0.5) is 0 Å². The average Bonchev–Trinajstić information content (AvgIpc) is 3.32. The van der Waals surface area contributed by atoms with E-state index in [0.29, 0.717) is 78.5 Å². The lowest BCUT2D eigenvalue weighted by molar-refractivity contribution is -0.140. The van der Waals surface area contributed by atoms with Crippen LogP contribution in [0.15, 0.2) is 97.6 Å². The van der Waals surface area contributed by atoms with Crippen molar-refractivity contribution in [1.82, 2.24) is 25.3 Å². The molecule has 0 amide bonds. The highest BCUT2D eigenvalue weighted by Crippen LogP contribution is 2.38. The number of halogens is 2. The Morgan fingerprint density at radius 3 is 1.65 bits per heavy atom. The summed E-state index contributed by atoms with van der Waals surface area (Å²) in [6, 6.07) is 25.2. The molecule has 0 aliphatic carbocycles. The smallest absolute Gasteiger partial charge is 0.306 e. The molecule has 17 nitrogen and oxygen atoms in total. The van der Waals surface area contributed by atoms with Gasteiger partial charge in [-0.25, -0.2) is 0 Å². The number of pyridine rings is 4. The van der Waals surface area contributed by atoms with E-state index in [1.165, 1.54) is 12.4 Å². The van der Waals surface area contributed by atoms with Gasteiger partial charge in [-0.05, 0) is 43.5 Å². The van der Waals surface area contributed by atoms with Crippen LogP contribution in [0, 0.1) is 22.7 Å². The fraction of sp³-hybridized carbons (Fsp3) is 0.265. The zero-order valence-corrected chi connectivity index (χ0v) is 37.9. The molecule has 19 heteroatoms. The molecule has 6 rings (SSSR count). The zero-order chi connectivity index (χ0) is 48.4. The Morgan fingerprint density at radius 2 is 1.13 bits per heavy atom. The van der Waals surface area contributed by atoms with Crippen molar-refractivity contribution in [2.45, 2.75) is 77.3 Å². The monoisotopic (exact) mass is 961 g/mol. The van der Waals surface area contributed by atoms with Gasteiger partial charge in [0.25, 0.3) is 0 Å². The maximum Gasteiger partial charge on any atom is 0.306 e. The highest BCUT2D eigenvalue weighted by atomic mass is 35.5. The van der Waals surface area contributed by atoms with Crippen molar-refractivity contribution in [3.63, 3.8) is 0 Å². The number of hydrogen-bond donors (Lipinski definition) is 5. The van der Waals surface area contributed by atoms with Crippen molar-refractivity contribution in [3.05, 3.63) is 152 Å². The molecule has 6 aromatic rings. The number of hydrogen-bond acceptors (Lipinski definition) is 15. The molecule has 0 fully saturated rings. The van der Waals surface area contributed by atoms with Gasteiger partial charge in [0.05, 0.1) is 46.2 Å². The molecular weight excluding hydrogens is 917 g/mol. The number of aliphatic hydroxyl groups is 2. The summed E-state index contributed by atoms with van der Waals surface area (Å²) in [5.41, 5.74) is 5.88. The number of ether oxygens (including phenoxy) is 4. The Labute approximate surface area is 401 Å². The molecule has 4 aromatic heterocycles. The quantitative estimate of drug-likeness (QED) is 0.0375. The molecule has 2 aromatic carbocycles. The van der Waals surface area contributed by atoms with Crippen molar-refractivity contribution in [1.29, 1.82) is 10.5 Å². The van der Waals surface area contributed by atoms with Crippen LogP contribution in [0.5, 0.6) is 23.5 Å². The number of carbonyl (C=O) groups is 2. The van der Waals surface area contributed by atoms with Gasteiger partial charge in [-0.15, -0.1) is 0 Å². The normalized spacial score (nSPS) is 11.7. The van der Waals surface area contributed by atoms with Crippen LogP contribution in [-0.2, 0) is 49.0 Å². The van der Waals surface area contributed by atoms with Crippen molar-refractivity contribution in [2.75, 3.05) is 6.54 Å². The summed E-state index contributed by atoms with van der Waals surface area (Å²) >= 11 is 14.1. The van der Waals surface area contributed by atoms with E-state index in [2.05, 4.69) is 31.3 Å². The number of carboxylic acid groups (broad SMARTS) is 2. The molecule has 0 saturated heterocycles. The minimum atomic E-state index is -1.12. The third kappa shape index (κ3) is 14.8. The number of benzene rings is 2. The lowest BCUT2D eigenvalue weighted by Crippen LogP contribution is -2.28. The molecule has 0 aliphatic rings. The number of aliphatic hydroxyl groups excluding tert-OH is 2. The fourth-order valence-electron chi connectivity index (χ4n) is 6.78. The SMILES string of the molecule is N#Cc1cncc(COc2nc(OCc3cccc(-c4cccc(COc5ccc(CNC[C@@H](O)CC(=O)O)c(OCc6cncc(C#N)c6)n5)c4Cl)c3Cl)ccc2CCC[C@@H](O)CC(=O)O)c1. The van der Waals surface area contributed by atoms with E-state index < -0.39 is 30.6 Å². The van der Waals surface area contributed by atoms with Gasteiger partial charge in [-0.3, -0.25) is 19.6 Å². The first-order chi connectivity index (χ1) is 32.9. The Kier molecular flexibility index (Phi) is 18.4. The second kappa shape index (κ2) is 24.9. The maximum absolute atomic E-state index is 11.0. The predicted molar refractivity (Wildman–Crippen MR) is 247 cm³/mol. The van der Waals surface area contributed by atoms with Gasteiger partial charge in [0.1, 0.15) is 38.6 Å². The molecule has 0 aliphatic heterocycles. The maximum atomic E-state index is 11.0. The molecule has 0 saturated carbocycles. The lowest BCUT2D eigenvalue weighted by Gasteiger charge is -2.16. The molecule has 0 unspecified atom stereocenters. The van der Waals surface area contributed by atoms with Crippen molar-refractivity contribution in [3.8, 4) is 46.8 Å². The third-order valence-corrected chi connectivity index (χ3v) is 11.0. The van der Waals surface area contributed by atoms with Gasteiger partial charge in [0.15, 0.2) is 0 Å². The first-order valence-corrected chi connectivity index (χ1v) is 21.9. The second-order valence-corrected chi connectivity index (χ2v) is 16.1. The van der Waals surface area contributed by atoms with Gasteiger partial charge >= 0.3 is 11.9 Å². The van der Waals surface area contributed by atoms with Crippen LogP contribution in [0.1, 0.15) is 70.2 Å². The summed E-state index contributed by atoms with van der Waals surface area (Å²) in [5.74, 6) is -1.28. The Balaban J connectivity index is 1.15. The molecule has 0 bridgehead atoms. The molecule has 0 spiro atoms. The fourth-order valence-corrected chi connectivity index (χ4v) is 7.34. The average molecular weight is 963 g/mol. The van der Waals surface area contributed by atoms with Crippen LogP contribution in [-0.4, -0.2) is 71.1 Å². The van der Waals surface area contributed by atoms with Crippen LogP contribution in [0.25, 0.3) is 11.1 Å². The van der Waals surface area contributed by atoms with Gasteiger partial charge < -0.3 is 44.7 Å². The van der Waals surface area contributed by atoms with Crippen LogP contribution in [0.3, 0.4) is 0 Å².